The van der Waals surface area contributed by atoms with Gasteiger partial charge in [-0.2, -0.15) is 0 Å². The highest BCUT2D eigenvalue weighted by Crippen LogP contribution is 2.35. The van der Waals surface area contributed by atoms with Gasteiger partial charge in [0.2, 0.25) is 11.8 Å². The Labute approximate surface area is 282 Å². The number of carbonyl (C=O) groups is 3. The van der Waals surface area contributed by atoms with E-state index in [4.69, 9.17) is 19.9 Å². The van der Waals surface area contributed by atoms with E-state index >= 15 is 0 Å². The van der Waals surface area contributed by atoms with Crippen molar-refractivity contribution in [1.29, 1.82) is 0 Å². The summed E-state index contributed by atoms with van der Waals surface area (Å²) in [6, 6.07) is 7.40. The molecule has 1 aromatic heterocycles. The molecule has 262 valence electrons. The van der Waals surface area contributed by atoms with Gasteiger partial charge in [0, 0.05) is 43.8 Å². The zero-order valence-electron chi connectivity index (χ0n) is 29.1. The van der Waals surface area contributed by atoms with Gasteiger partial charge < -0.3 is 29.7 Å². The van der Waals surface area contributed by atoms with Crippen molar-refractivity contribution in [3.8, 4) is 5.88 Å². The van der Waals surface area contributed by atoms with Crippen LogP contribution in [0.1, 0.15) is 70.1 Å². The molecule has 2 aromatic rings. The van der Waals surface area contributed by atoms with E-state index in [9.17, 15) is 18.8 Å². The predicted octanol–water partition coefficient (Wildman–Crippen LogP) is 3.44. The fourth-order valence-electron chi connectivity index (χ4n) is 6.81. The number of hydrogen-bond acceptors (Lipinski definition) is 9. The van der Waals surface area contributed by atoms with E-state index in [0.717, 1.165) is 5.56 Å². The van der Waals surface area contributed by atoms with Crippen molar-refractivity contribution >= 4 is 23.6 Å². The molecule has 0 unspecified atom stereocenters. The Kier molecular flexibility index (Phi) is 10.6. The number of nitrogens with zero attached hydrogens (tertiary/aromatic N) is 5. The van der Waals surface area contributed by atoms with Gasteiger partial charge in [0.1, 0.15) is 29.4 Å². The minimum Gasteiger partial charge on any atom is -0.474 e. The maximum atomic E-state index is 14.4. The van der Waals surface area contributed by atoms with Gasteiger partial charge in [0.05, 0.1) is 25.8 Å². The molecule has 2 fully saturated rings. The number of piperazine rings is 1. The molecule has 3 aliphatic rings. The van der Waals surface area contributed by atoms with Crippen LogP contribution in [-0.2, 0) is 20.7 Å². The third kappa shape index (κ3) is 8.07. The molecule has 4 heterocycles. The number of amides is 3. The number of hydrogen-bond donors (Lipinski definition) is 1. The summed E-state index contributed by atoms with van der Waals surface area (Å²) < 4.78 is 31.0. The van der Waals surface area contributed by atoms with E-state index in [1.54, 1.807) is 28.0 Å². The number of morpholine rings is 1. The predicted molar refractivity (Wildman–Crippen MR) is 179 cm³/mol. The quantitative estimate of drug-likeness (QED) is 0.472. The van der Waals surface area contributed by atoms with Crippen LogP contribution >= 0.6 is 0 Å². The topological polar surface area (TPSA) is 131 Å². The van der Waals surface area contributed by atoms with E-state index in [1.807, 2.05) is 34.6 Å². The standard InChI is InChI=1S/C35H49FN6O6/c1-21-14-39(28(15-40-22(2)18-46-19-23(40)3)16-41(21)34(45)48-35(5,6)7)17-30(43)42-24(4)20-47-33-29(42)13-26(31(38-33)32(37)44)12-25-8-10-27(36)11-9-25/h8-11,13,21-24,28H,12,14-20H2,1-7H3,(H2,37,44)/t21-,22-,23-,24+,28+/m1/s1. The number of aromatic nitrogens is 1. The average Bonchev–Trinajstić information content (AvgIpc) is 2.99. The molecule has 48 heavy (non-hydrogen) atoms. The van der Waals surface area contributed by atoms with Gasteiger partial charge in [-0.05, 0) is 84.2 Å². The van der Waals surface area contributed by atoms with Crippen LogP contribution < -0.4 is 15.4 Å². The van der Waals surface area contributed by atoms with Gasteiger partial charge in [-0.15, -0.1) is 0 Å². The fourth-order valence-corrected chi connectivity index (χ4v) is 6.81. The molecule has 2 N–H and O–H groups in total. The zero-order chi connectivity index (χ0) is 34.9. The lowest BCUT2D eigenvalue weighted by molar-refractivity contribution is -0.123. The molecule has 5 atom stereocenters. The van der Waals surface area contributed by atoms with E-state index in [-0.39, 0.29) is 79.2 Å². The molecule has 3 aliphatic heterocycles. The summed E-state index contributed by atoms with van der Waals surface area (Å²) in [5, 5.41) is 0. The SMILES string of the molecule is C[C@@H]1CN(CC(=O)N2c3cc(Cc4ccc(F)cc4)c(C(N)=O)nc3OC[C@@H]2C)[C@@H](CN2[C@H](C)COC[C@H]2C)CN1C(=O)OC(C)(C)C. The third-order valence-corrected chi connectivity index (χ3v) is 9.21. The Bertz CT molecular complexity index is 1490. The number of anilines is 1. The van der Waals surface area contributed by atoms with Gasteiger partial charge in [-0.25, -0.2) is 14.2 Å². The second kappa shape index (κ2) is 14.4. The van der Waals surface area contributed by atoms with Crippen LogP contribution in [0.25, 0.3) is 0 Å². The maximum absolute atomic E-state index is 14.4. The number of pyridine rings is 1. The van der Waals surface area contributed by atoms with Crippen LogP contribution in [0.2, 0.25) is 0 Å². The summed E-state index contributed by atoms with van der Waals surface area (Å²) in [5.41, 5.74) is 6.84. The summed E-state index contributed by atoms with van der Waals surface area (Å²) in [4.78, 5) is 52.6. The Morgan fingerprint density at radius 3 is 2.27 bits per heavy atom. The lowest BCUT2D eigenvalue weighted by Crippen LogP contribution is -2.65. The first kappa shape index (κ1) is 35.5. The molecular weight excluding hydrogens is 619 g/mol. The Morgan fingerprint density at radius 1 is 0.979 bits per heavy atom. The van der Waals surface area contributed by atoms with Gasteiger partial charge >= 0.3 is 6.09 Å². The Balaban J connectivity index is 1.43. The number of rotatable bonds is 7. The summed E-state index contributed by atoms with van der Waals surface area (Å²) >= 11 is 0. The molecule has 5 rings (SSSR count). The molecule has 0 bridgehead atoms. The highest BCUT2D eigenvalue weighted by atomic mass is 19.1. The monoisotopic (exact) mass is 668 g/mol. The molecule has 0 aliphatic carbocycles. The lowest BCUT2D eigenvalue weighted by Gasteiger charge is -2.49. The first-order valence-electron chi connectivity index (χ1n) is 16.7. The molecule has 0 spiro atoms. The van der Waals surface area contributed by atoms with E-state index in [2.05, 4.69) is 28.6 Å². The van der Waals surface area contributed by atoms with Crippen LogP contribution in [-0.4, -0.2) is 119 Å². The average molecular weight is 669 g/mol. The molecule has 3 amide bonds. The molecule has 0 radical (unpaired) electrons. The highest BCUT2D eigenvalue weighted by molar-refractivity contribution is 5.99. The van der Waals surface area contributed by atoms with E-state index in [1.165, 1.54) is 12.1 Å². The normalized spacial score (nSPS) is 25.3. The molecule has 13 heteroatoms. The Hall–Kier alpha value is -3.81. The van der Waals surface area contributed by atoms with Crippen molar-refractivity contribution in [2.45, 2.75) is 90.7 Å². The summed E-state index contributed by atoms with van der Waals surface area (Å²) in [7, 11) is 0. The Morgan fingerprint density at radius 2 is 1.65 bits per heavy atom. The zero-order valence-corrected chi connectivity index (χ0v) is 29.1. The van der Waals surface area contributed by atoms with Crippen molar-refractivity contribution < 1.29 is 33.0 Å². The second-order valence-corrected chi connectivity index (χ2v) is 14.4. The van der Waals surface area contributed by atoms with Crippen molar-refractivity contribution in [3.05, 3.63) is 53.0 Å². The minimum absolute atomic E-state index is 0.0425. The third-order valence-electron chi connectivity index (χ3n) is 9.21. The van der Waals surface area contributed by atoms with Crippen molar-refractivity contribution in [3.63, 3.8) is 0 Å². The van der Waals surface area contributed by atoms with E-state index in [0.29, 0.717) is 44.1 Å². The largest absolute Gasteiger partial charge is 0.474 e. The number of primary amides is 1. The lowest BCUT2D eigenvalue weighted by atomic mass is 10.0. The first-order valence-corrected chi connectivity index (χ1v) is 16.7. The molecule has 1 aromatic carbocycles. The minimum atomic E-state index is -0.721. The number of ether oxygens (including phenoxy) is 3. The van der Waals surface area contributed by atoms with Crippen LogP contribution in [0, 0.1) is 5.82 Å². The van der Waals surface area contributed by atoms with Gasteiger partial charge in [-0.1, -0.05) is 12.1 Å². The van der Waals surface area contributed by atoms with Crippen LogP contribution in [0.3, 0.4) is 0 Å². The van der Waals surface area contributed by atoms with Crippen LogP contribution in [0.15, 0.2) is 30.3 Å². The second-order valence-electron chi connectivity index (χ2n) is 14.4. The van der Waals surface area contributed by atoms with Crippen LogP contribution in [0.5, 0.6) is 5.88 Å². The first-order chi connectivity index (χ1) is 22.6. The fraction of sp³-hybridized carbons (Fsp3) is 0.600. The van der Waals surface area contributed by atoms with Gasteiger partial charge in [-0.3, -0.25) is 19.4 Å². The van der Waals surface area contributed by atoms with Crippen molar-refractivity contribution in [2.24, 2.45) is 5.73 Å². The molecular formula is C35H49FN6O6. The smallest absolute Gasteiger partial charge is 0.410 e. The van der Waals surface area contributed by atoms with Crippen molar-refractivity contribution in [1.82, 2.24) is 19.7 Å². The van der Waals surface area contributed by atoms with Crippen LogP contribution in [0.4, 0.5) is 14.9 Å². The number of nitrogens with two attached hydrogens (primary N) is 1. The molecule has 12 nitrogen and oxygen atoms in total. The number of benzene rings is 1. The number of fused-ring (bicyclic) bond motifs is 1. The number of carbonyl (C=O) groups excluding carboxylic acids is 3. The highest BCUT2D eigenvalue weighted by Gasteiger charge is 2.41. The van der Waals surface area contributed by atoms with Gasteiger partial charge in [0.25, 0.3) is 5.91 Å². The van der Waals surface area contributed by atoms with Crippen molar-refractivity contribution in [2.75, 3.05) is 50.9 Å². The number of halogens is 1. The van der Waals surface area contributed by atoms with E-state index < -0.39 is 11.5 Å². The van der Waals surface area contributed by atoms with Gasteiger partial charge in [0.15, 0.2) is 0 Å². The summed E-state index contributed by atoms with van der Waals surface area (Å²) in [6.07, 6.45) is -0.105. The summed E-state index contributed by atoms with van der Waals surface area (Å²) in [6.45, 7) is 16.7. The maximum Gasteiger partial charge on any atom is 0.410 e. The summed E-state index contributed by atoms with van der Waals surface area (Å²) in [5.74, 6) is -1.08. The molecule has 2 saturated heterocycles. The molecule has 0 saturated carbocycles.